The molecule has 100 valence electrons. The summed E-state index contributed by atoms with van der Waals surface area (Å²) >= 11 is 5.90. The number of carbonyl (C=O) groups is 1. The molecule has 6 heteroatoms. The molecule has 0 spiro atoms. The van der Waals surface area contributed by atoms with Crippen LogP contribution in [0.2, 0.25) is 5.15 Å². The number of nitrogens with zero attached hydrogens (tertiary/aromatic N) is 2. The Hall–Kier alpha value is -1.88. The SMILES string of the molecule is Cn1ncc(C(=O)NCCc2ccccc2F)c1Cl. The Bertz CT molecular complexity index is 597. The fourth-order valence-electron chi connectivity index (χ4n) is 1.68. The molecule has 19 heavy (non-hydrogen) atoms. The molecule has 0 radical (unpaired) electrons. The first-order valence-corrected chi connectivity index (χ1v) is 6.16. The van der Waals surface area contributed by atoms with Crippen LogP contribution in [-0.4, -0.2) is 22.2 Å². The summed E-state index contributed by atoms with van der Waals surface area (Å²) in [5, 5.41) is 6.85. The van der Waals surface area contributed by atoms with Crippen LogP contribution in [0.1, 0.15) is 15.9 Å². The van der Waals surface area contributed by atoms with E-state index in [0.29, 0.717) is 24.1 Å². The summed E-state index contributed by atoms with van der Waals surface area (Å²) in [6.45, 7) is 0.338. The van der Waals surface area contributed by atoms with Gasteiger partial charge in [-0.05, 0) is 18.1 Å². The third-order valence-corrected chi connectivity index (χ3v) is 3.20. The van der Waals surface area contributed by atoms with E-state index in [1.54, 1.807) is 25.2 Å². The average molecular weight is 282 g/mol. The highest BCUT2D eigenvalue weighted by molar-refractivity contribution is 6.32. The summed E-state index contributed by atoms with van der Waals surface area (Å²) in [7, 11) is 1.65. The second-order valence-corrected chi connectivity index (χ2v) is 4.43. The van der Waals surface area contributed by atoms with Gasteiger partial charge in [0.1, 0.15) is 11.0 Å². The average Bonchev–Trinajstić information content (AvgIpc) is 2.72. The molecule has 0 fully saturated rings. The van der Waals surface area contributed by atoms with Gasteiger partial charge in [-0.3, -0.25) is 9.48 Å². The van der Waals surface area contributed by atoms with E-state index in [9.17, 15) is 9.18 Å². The lowest BCUT2D eigenvalue weighted by Crippen LogP contribution is -2.25. The van der Waals surface area contributed by atoms with Gasteiger partial charge in [-0.25, -0.2) is 4.39 Å². The van der Waals surface area contributed by atoms with Gasteiger partial charge in [-0.2, -0.15) is 5.10 Å². The van der Waals surface area contributed by atoms with Crippen molar-refractivity contribution in [2.45, 2.75) is 6.42 Å². The van der Waals surface area contributed by atoms with Crippen LogP contribution in [0.4, 0.5) is 4.39 Å². The van der Waals surface area contributed by atoms with Crippen LogP contribution in [0.3, 0.4) is 0 Å². The topological polar surface area (TPSA) is 46.9 Å². The lowest BCUT2D eigenvalue weighted by molar-refractivity contribution is 0.0954. The molecule has 1 N–H and O–H groups in total. The number of amides is 1. The van der Waals surface area contributed by atoms with Gasteiger partial charge >= 0.3 is 0 Å². The van der Waals surface area contributed by atoms with Crippen molar-refractivity contribution in [3.05, 3.63) is 52.6 Å². The largest absolute Gasteiger partial charge is 0.352 e. The second-order valence-electron chi connectivity index (χ2n) is 4.07. The molecule has 0 aliphatic heterocycles. The van der Waals surface area contributed by atoms with Crippen molar-refractivity contribution < 1.29 is 9.18 Å². The highest BCUT2D eigenvalue weighted by atomic mass is 35.5. The minimum Gasteiger partial charge on any atom is -0.352 e. The van der Waals surface area contributed by atoms with E-state index in [2.05, 4.69) is 10.4 Å². The zero-order chi connectivity index (χ0) is 13.8. The monoisotopic (exact) mass is 281 g/mol. The number of hydrogen-bond donors (Lipinski definition) is 1. The Morgan fingerprint density at radius 2 is 2.21 bits per heavy atom. The van der Waals surface area contributed by atoms with Crippen molar-refractivity contribution >= 4 is 17.5 Å². The van der Waals surface area contributed by atoms with Gasteiger partial charge in [-0.15, -0.1) is 0 Å². The van der Waals surface area contributed by atoms with Crippen LogP contribution >= 0.6 is 11.6 Å². The molecule has 1 aromatic heterocycles. The fraction of sp³-hybridized carbons (Fsp3) is 0.231. The Morgan fingerprint density at radius 3 is 2.84 bits per heavy atom. The standard InChI is InChI=1S/C13H13ClFN3O/c1-18-12(14)10(8-17-18)13(19)16-7-6-9-4-2-3-5-11(9)15/h2-5,8H,6-7H2,1H3,(H,16,19). The van der Waals surface area contributed by atoms with E-state index in [4.69, 9.17) is 11.6 Å². The number of halogens is 2. The van der Waals surface area contributed by atoms with E-state index < -0.39 is 0 Å². The number of nitrogens with one attached hydrogen (secondary N) is 1. The van der Waals surface area contributed by atoms with Crippen molar-refractivity contribution in [3.63, 3.8) is 0 Å². The minimum atomic E-state index is -0.311. The molecular weight excluding hydrogens is 269 g/mol. The maximum absolute atomic E-state index is 13.4. The molecule has 1 heterocycles. The van der Waals surface area contributed by atoms with Crippen molar-refractivity contribution in [1.82, 2.24) is 15.1 Å². The van der Waals surface area contributed by atoms with Gasteiger partial charge < -0.3 is 5.32 Å². The lowest BCUT2D eigenvalue weighted by Gasteiger charge is -2.05. The number of rotatable bonds is 4. The molecule has 2 aromatic rings. The predicted molar refractivity (Wildman–Crippen MR) is 70.7 cm³/mol. The summed E-state index contributed by atoms with van der Waals surface area (Å²) < 4.78 is 14.8. The highest BCUT2D eigenvalue weighted by Crippen LogP contribution is 2.13. The third kappa shape index (κ3) is 3.12. The van der Waals surface area contributed by atoms with Gasteiger partial charge in [-0.1, -0.05) is 29.8 Å². The number of aromatic nitrogens is 2. The number of hydrogen-bond acceptors (Lipinski definition) is 2. The molecule has 0 unspecified atom stereocenters. The smallest absolute Gasteiger partial charge is 0.256 e. The first-order chi connectivity index (χ1) is 9.09. The van der Waals surface area contributed by atoms with Crippen molar-refractivity contribution in [3.8, 4) is 0 Å². The second kappa shape index (κ2) is 5.84. The van der Waals surface area contributed by atoms with E-state index in [1.165, 1.54) is 16.9 Å². The van der Waals surface area contributed by atoms with Crippen LogP contribution in [0.5, 0.6) is 0 Å². The van der Waals surface area contributed by atoms with Gasteiger partial charge in [0, 0.05) is 13.6 Å². The van der Waals surface area contributed by atoms with E-state index in [-0.39, 0.29) is 16.9 Å². The fourth-order valence-corrected chi connectivity index (χ4v) is 1.86. The molecule has 0 atom stereocenters. The van der Waals surface area contributed by atoms with Gasteiger partial charge in [0.05, 0.1) is 11.8 Å². The Morgan fingerprint density at radius 1 is 1.47 bits per heavy atom. The van der Waals surface area contributed by atoms with E-state index in [1.807, 2.05) is 0 Å². The molecule has 0 aliphatic rings. The summed E-state index contributed by atoms with van der Waals surface area (Å²) in [5.41, 5.74) is 0.887. The molecule has 2 rings (SSSR count). The van der Waals surface area contributed by atoms with E-state index in [0.717, 1.165) is 0 Å². The first kappa shape index (κ1) is 13.5. The molecule has 1 amide bonds. The molecule has 0 saturated carbocycles. The van der Waals surface area contributed by atoms with Crippen LogP contribution < -0.4 is 5.32 Å². The van der Waals surface area contributed by atoms with Gasteiger partial charge in [0.15, 0.2) is 0 Å². The highest BCUT2D eigenvalue weighted by Gasteiger charge is 2.13. The lowest BCUT2D eigenvalue weighted by atomic mass is 10.1. The molecule has 4 nitrogen and oxygen atoms in total. The molecule has 1 aromatic carbocycles. The Balaban J connectivity index is 1.91. The molecular formula is C13H13ClFN3O. The zero-order valence-corrected chi connectivity index (χ0v) is 11.1. The summed E-state index contributed by atoms with van der Waals surface area (Å²) in [4.78, 5) is 11.8. The molecule has 0 bridgehead atoms. The number of carbonyl (C=O) groups excluding carboxylic acids is 1. The minimum absolute atomic E-state index is 0.267. The van der Waals surface area contributed by atoms with Gasteiger partial charge in [0.2, 0.25) is 0 Å². The van der Waals surface area contributed by atoms with Crippen LogP contribution in [0.25, 0.3) is 0 Å². The van der Waals surface area contributed by atoms with E-state index >= 15 is 0 Å². The summed E-state index contributed by atoms with van der Waals surface area (Å²) in [6, 6.07) is 6.48. The number of aryl methyl sites for hydroxylation is 1. The summed E-state index contributed by atoms with van der Waals surface area (Å²) in [5.74, 6) is -0.578. The first-order valence-electron chi connectivity index (χ1n) is 5.78. The van der Waals surface area contributed by atoms with Crippen LogP contribution in [-0.2, 0) is 13.5 Å². The Kier molecular flexibility index (Phi) is 4.16. The van der Waals surface area contributed by atoms with Crippen molar-refractivity contribution in [1.29, 1.82) is 0 Å². The van der Waals surface area contributed by atoms with Gasteiger partial charge in [0.25, 0.3) is 5.91 Å². The molecule has 0 saturated heterocycles. The van der Waals surface area contributed by atoms with Crippen molar-refractivity contribution in [2.75, 3.05) is 6.54 Å². The zero-order valence-electron chi connectivity index (χ0n) is 10.4. The van der Waals surface area contributed by atoms with Crippen LogP contribution in [0, 0.1) is 5.82 Å². The Labute approximate surface area is 115 Å². The van der Waals surface area contributed by atoms with Crippen LogP contribution in [0.15, 0.2) is 30.5 Å². The third-order valence-electron chi connectivity index (χ3n) is 2.75. The predicted octanol–water partition coefficient (Wildman–Crippen LogP) is 2.19. The summed E-state index contributed by atoms with van der Waals surface area (Å²) in [6.07, 6.45) is 1.83. The normalized spacial score (nSPS) is 10.5. The van der Waals surface area contributed by atoms with Crippen molar-refractivity contribution in [2.24, 2.45) is 7.05 Å². The number of benzene rings is 1. The maximum atomic E-state index is 13.4. The maximum Gasteiger partial charge on any atom is 0.256 e. The quantitative estimate of drug-likeness (QED) is 0.934. The molecule has 0 aliphatic carbocycles.